The fourth-order valence-electron chi connectivity index (χ4n) is 2.91. The zero-order chi connectivity index (χ0) is 18.8. The topological polar surface area (TPSA) is 104 Å². The molecule has 0 spiro atoms. The highest BCUT2D eigenvalue weighted by molar-refractivity contribution is 5.72. The zero-order valence-corrected chi connectivity index (χ0v) is 14.5. The van der Waals surface area contributed by atoms with E-state index < -0.39 is 17.5 Å². The highest BCUT2D eigenvalue weighted by atomic mass is 16.7. The van der Waals surface area contributed by atoms with Gasteiger partial charge in [0.25, 0.3) is 0 Å². The van der Waals surface area contributed by atoms with Gasteiger partial charge in [0.05, 0.1) is 26.2 Å². The van der Waals surface area contributed by atoms with E-state index in [-0.39, 0.29) is 30.3 Å². The third-order valence-corrected chi connectivity index (χ3v) is 4.12. The Bertz CT molecular complexity index is 899. The van der Waals surface area contributed by atoms with E-state index in [1.165, 1.54) is 20.3 Å². The van der Waals surface area contributed by atoms with Crippen LogP contribution in [0, 0.1) is 6.92 Å². The van der Waals surface area contributed by atoms with Crippen LogP contribution in [0.5, 0.6) is 23.0 Å². The molecule has 0 bridgehead atoms. The fraction of sp³-hybridized carbons (Fsp3) is 0.333. The van der Waals surface area contributed by atoms with E-state index in [1.54, 1.807) is 19.1 Å². The summed E-state index contributed by atoms with van der Waals surface area (Å²) in [6.45, 7) is 1.58. The predicted octanol–water partition coefficient (Wildman–Crippen LogP) is 2.09. The lowest BCUT2D eigenvalue weighted by Crippen LogP contribution is -2.18. The van der Waals surface area contributed by atoms with Gasteiger partial charge in [-0.15, -0.1) is 0 Å². The van der Waals surface area contributed by atoms with Crippen LogP contribution in [-0.2, 0) is 9.53 Å². The van der Waals surface area contributed by atoms with Gasteiger partial charge in [0.1, 0.15) is 11.5 Å². The van der Waals surface area contributed by atoms with Gasteiger partial charge in [0.2, 0.25) is 12.5 Å². The van der Waals surface area contributed by atoms with Gasteiger partial charge in [-0.2, -0.15) is 0 Å². The van der Waals surface area contributed by atoms with Crippen molar-refractivity contribution in [3.05, 3.63) is 45.5 Å². The molecule has 0 amide bonds. The minimum Gasteiger partial charge on any atom is -0.507 e. The molecule has 0 radical (unpaired) electrons. The molecule has 3 rings (SSSR count). The summed E-state index contributed by atoms with van der Waals surface area (Å²) in [5, 5.41) is 10.3. The number of aryl methyl sites for hydroxylation is 1. The largest absolute Gasteiger partial charge is 0.507 e. The molecule has 0 fully saturated rings. The summed E-state index contributed by atoms with van der Waals surface area (Å²) in [7, 11) is 2.71. The first-order chi connectivity index (χ1) is 12.4. The summed E-state index contributed by atoms with van der Waals surface area (Å²) in [6, 6.07) is 4.59. The Balaban J connectivity index is 2.17. The number of esters is 1. The lowest BCUT2D eigenvalue weighted by molar-refractivity contribution is -0.140. The average Bonchev–Trinajstić information content (AvgIpc) is 3.07. The minimum absolute atomic E-state index is 0.0364. The summed E-state index contributed by atoms with van der Waals surface area (Å²) in [5.41, 5.74) is -0.252. The van der Waals surface area contributed by atoms with Crippen LogP contribution in [0.1, 0.15) is 29.2 Å². The third-order valence-electron chi connectivity index (χ3n) is 4.12. The number of fused-ring (bicyclic) bond motifs is 1. The number of methoxy groups -OCH3 is 2. The highest BCUT2D eigenvalue weighted by Crippen LogP contribution is 2.45. The lowest BCUT2D eigenvalue weighted by atomic mass is 9.88. The van der Waals surface area contributed by atoms with Gasteiger partial charge in [-0.1, -0.05) is 0 Å². The van der Waals surface area contributed by atoms with Gasteiger partial charge < -0.3 is 28.5 Å². The Kier molecular flexibility index (Phi) is 4.75. The Morgan fingerprint density at radius 2 is 2.04 bits per heavy atom. The first kappa shape index (κ1) is 17.7. The fourth-order valence-corrected chi connectivity index (χ4v) is 2.91. The third kappa shape index (κ3) is 3.17. The Morgan fingerprint density at radius 3 is 2.69 bits per heavy atom. The van der Waals surface area contributed by atoms with E-state index in [0.717, 1.165) is 0 Å². The molecule has 1 N–H and O–H groups in total. The van der Waals surface area contributed by atoms with Gasteiger partial charge in [-0.05, 0) is 24.6 Å². The molecule has 2 heterocycles. The number of hydrogen-bond donors (Lipinski definition) is 1. The molecule has 1 aromatic heterocycles. The molecular weight excluding hydrogens is 344 g/mol. The molecule has 1 aliphatic heterocycles. The standard InChI is InChI=1S/C18H18O8/c1-9-4-12(19)16(18(21)26-9)11(7-15(20)23-3)10-5-13(22-2)17-14(6-10)24-8-25-17/h4-6,11,19H,7-8H2,1-3H3. The number of carbonyl (C=O) groups is 1. The van der Waals surface area contributed by atoms with Crippen LogP contribution in [-0.4, -0.2) is 32.1 Å². The lowest BCUT2D eigenvalue weighted by Gasteiger charge is -2.18. The number of benzene rings is 1. The van der Waals surface area contributed by atoms with E-state index in [2.05, 4.69) is 0 Å². The summed E-state index contributed by atoms with van der Waals surface area (Å²) in [5.74, 6) is -0.117. The molecule has 1 aromatic carbocycles. The maximum Gasteiger partial charge on any atom is 0.343 e. The van der Waals surface area contributed by atoms with E-state index in [0.29, 0.717) is 22.8 Å². The van der Waals surface area contributed by atoms with Crippen molar-refractivity contribution in [2.45, 2.75) is 19.3 Å². The number of ether oxygens (including phenoxy) is 4. The summed E-state index contributed by atoms with van der Waals surface area (Å²) < 4.78 is 25.9. The molecule has 8 heteroatoms. The highest BCUT2D eigenvalue weighted by Gasteiger charge is 2.29. The number of aromatic hydroxyl groups is 1. The van der Waals surface area contributed by atoms with E-state index in [4.69, 9.17) is 23.4 Å². The number of rotatable bonds is 5. The smallest absolute Gasteiger partial charge is 0.343 e. The van der Waals surface area contributed by atoms with E-state index >= 15 is 0 Å². The van der Waals surface area contributed by atoms with Gasteiger partial charge in [0.15, 0.2) is 11.5 Å². The summed E-state index contributed by atoms with van der Waals surface area (Å²) >= 11 is 0. The number of hydrogen-bond acceptors (Lipinski definition) is 8. The second kappa shape index (κ2) is 6.99. The van der Waals surface area contributed by atoms with Gasteiger partial charge in [0, 0.05) is 12.0 Å². The maximum atomic E-state index is 12.4. The van der Waals surface area contributed by atoms with Crippen molar-refractivity contribution in [1.29, 1.82) is 0 Å². The second-order valence-corrected chi connectivity index (χ2v) is 5.73. The summed E-state index contributed by atoms with van der Waals surface area (Å²) in [6.07, 6.45) is -0.180. The minimum atomic E-state index is -0.817. The van der Waals surface area contributed by atoms with Crippen LogP contribution in [0.25, 0.3) is 0 Å². The Labute approximate surface area is 148 Å². The van der Waals surface area contributed by atoms with E-state index in [9.17, 15) is 14.7 Å². The monoisotopic (exact) mass is 362 g/mol. The molecule has 1 unspecified atom stereocenters. The Morgan fingerprint density at radius 1 is 1.27 bits per heavy atom. The van der Waals surface area contributed by atoms with Crippen molar-refractivity contribution in [3.63, 3.8) is 0 Å². The van der Waals surface area contributed by atoms with Crippen molar-refractivity contribution in [2.24, 2.45) is 0 Å². The van der Waals surface area contributed by atoms with Crippen molar-refractivity contribution >= 4 is 5.97 Å². The molecule has 138 valence electrons. The van der Waals surface area contributed by atoms with E-state index in [1.807, 2.05) is 0 Å². The van der Waals surface area contributed by atoms with Crippen LogP contribution in [0.4, 0.5) is 0 Å². The van der Waals surface area contributed by atoms with Crippen LogP contribution in [0.2, 0.25) is 0 Å². The average molecular weight is 362 g/mol. The van der Waals surface area contributed by atoms with Crippen molar-refractivity contribution in [2.75, 3.05) is 21.0 Å². The second-order valence-electron chi connectivity index (χ2n) is 5.73. The number of carbonyl (C=O) groups excluding carboxylic acids is 1. The molecule has 8 nitrogen and oxygen atoms in total. The van der Waals surface area contributed by atoms with Gasteiger partial charge >= 0.3 is 11.6 Å². The van der Waals surface area contributed by atoms with Crippen LogP contribution >= 0.6 is 0 Å². The molecule has 0 saturated carbocycles. The zero-order valence-electron chi connectivity index (χ0n) is 14.5. The summed E-state index contributed by atoms with van der Waals surface area (Å²) in [4.78, 5) is 24.3. The molecule has 2 aromatic rings. The predicted molar refractivity (Wildman–Crippen MR) is 89.0 cm³/mol. The molecule has 1 aliphatic rings. The SMILES string of the molecule is COC(=O)CC(c1cc(OC)c2c(c1)OCO2)c1c(O)cc(C)oc1=O. The van der Waals surface area contributed by atoms with Gasteiger partial charge in [-0.3, -0.25) is 4.79 Å². The molecular formula is C18H18O8. The van der Waals surface area contributed by atoms with Crippen molar-refractivity contribution in [3.8, 4) is 23.0 Å². The quantitative estimate of drug-likeness (QED) is 0.806. The van der Waals surface area contributed by atoms with Crippen LogP contribution in [0.15, 0.2) is 27.4 Å². The molecule has 0 aliphatic carbocycles. The molecule has 0 saturated heterocycles. The maximum absolute atomic E-state index is 12.4. The van der Waals surface area contributed by atoms with Crippen molar-refractivity contribution in [1.82, 2.24) is 0 Å². The van der Waals surface area contributed by atoms with Crippen molar-refractivity contribution < 1.29 is 33.3 Å². The normalized spacial score (nSPS) is 13.3. The molecule has 1 atom stereocenters. The first-order valence-corrected chi connectivity index (χ1v) is 7.82. The molecule has 26 heavy (non-hydrogen) atoms. The Hall–Kier alpha value is -3.16. The van der Waals surface area contributed by atoms with Crippen LogP contribution in [0.3, 0.4) is 0 Å². The van der Waals surface area contributed by atoms with Gasteiger partial charge in [-0.25, -0.2) is 4.79 Å². The van der Waals surface area contributed by atoms with Crippen LogP contribution < -0.4 is 19.8 Å². The first-order valence-electron chi connectivity index (χ1n) is 7.82.